The largest absolute Gasteiger partial charge is 0.432 e. The summed E-state index contributed by atoms with van der Waals surface area (Å²) in [5.74, 6) is -3.01. The highest BCUT2D eigenvalue weighted by molar-refractivity contribution is 5.80. The normalized spacial score (nSPS) is 50.9. The van der Waals surface area contributed by atoms with E-state index in [1.54, 1.807) is 6.92 Å². The van der Waals surface area contributed by atoms with Crippen LogP contribution in [0.5, 0.6) is 0 Å². The van der Waals surface area contributed by atoms with Gasteiger partial charge in [0.1, 0.15) is 152 Å². The topological polar surface area (TPSA) is 616 Å². The second kappa shape index (κ2) is 40.5. The maximum Gasteiger partial charge on any atom is 0.317 e. The summed E-state index contributed by atoms with van der Waals surface area (Å²) >= 11 is 0. The minimum absolute atomic E-state index is 0.0141. The average molecular weight is 1810 g/mol. The second-order valence-corrected chi connectivity index (χ2v) is 39.8. The lowest BCUT2D eigenvalue weighted by molar-refractivity contribution is -0.386. The maximum absolute atomic E-state index is 16.7. The molecule has 1 amide bonds. The van der Waals surface area contributed by atoms with E-state index in [4.69, 9.17) is 75.8 Å². The van der Waals surface area contributed by atoms with E-state index in [0.29, 0.717) is 51.4 Å². The molecular weight excluding hydrogens is 1670 g/mol. The summed E-state index contributed by atoms with van der Waals surface area (Å²) < 4.78 is 99.3. The van der Waals surface area contributed by atoms with Gasteiger partial charge in [0.15, 0.2) is 50.1 Å². The molecular formula is C86H141NO39. The summed E-state index contributed by atoms with van der Waals surface area (Å²) in [6.07, 6.45) is -47.1. The van der Waals surface area contributed by atoms with Crippen LogP contribution >= 0.6 is 0 Å². The van der Waals surface area contributed by atoms with Crippen LogP contribution < -0.4 is 5.32 Å². The summed E-state index contributed by atoms with van der Waals surface area (Å²) in [5.41, 5.74) is -7.19. The van der Waals surface area contributed by atoms with Gasteiger partial charge in [-0.1, -0.05) is 111 Å². The molecule has 13 rings (SSSR count). The zero-order chi connectivity index (χ0) is 91.6. The Labute approximate surface area is 732 Å². The third-order valence-electron chi connectivity index (χ3n) is 31.2. The predicted octanol–water partition coefficient (Wildman–Crippen LogP) is -3.93. The van der Waals surface area contributed by atoms with Crippen LogP contribution in [0.3, 0.4) is 0 Å². The molecule has 0 aromatic heterocycles. The number of rotatable bonds is 31. The molecule has 45 atom stereocenters. The Morgan fingerprint density at radius 1 is 0.492 bits per heavy atom. The summed E-state index contributed by atoms with van der Waals surface area (Å²) in [6, 6.07) is -1.56. The van der Waals surface area contributed by atoms with E-state index in [-0.39, 0.29) is 31.6 Å². The summed E-state index contributed by atoms with van der Waals surface area (Å²) in [6.45, 7) is 12.4. The minimum atomic E-state index is -2.19. The van der Waals surface area contributed by atoms with Gasteiger partial charge in [0, 0.05) is 6.42 Å². The molecule has 724 valence electrons. The van der Waals surface area contributed by atoms with Gasteiger partial charge in [-0.2, -0.15) is 0 Å². The van der Waals surface area contributed by atoms with E-state index < -0.39 is 329 Å². The van der Waals surface area contributed by atoms with E-state index in [1.165, 1.54) is 13.8 Å². The highest BCUT2D eigenvalue weighted by atomic mass is 16.8. The van der Waals surface area contributed by atoms with Crippen LogP contribution in [0.15, 0.2) is 11.6 Å². The van der Waals surface area contributed by atoms with Crippen molar-refractivity contribution in [1.29, 1.82) is 0 Å². The Hall–Kier alpha value is -3.05. The van der Waals surface area contributed by atoms with Gasteiger partial charge in [-0.3, -0.25) is 9.59 Å². The van der Waals surface area contributed by atoms with Gasteiger partial charge >= 0.3 is 5.97 Å². The van der Waals surface area contributed by atoms with Crippen LogP contribution in [0.2, 0.25) is 0 Å². The number of ether oxygens (including phenoxy) is 16. The van der Waals surface area contributed by atoms with Crippen LogP contribution in [-0.2, 0) is 90.2 Å². The highest BCUT2D eigenvalue weighted by Gasteiger charge is 2.74. The zero-order valence-corrected chi connectivity index (χ0v) is 73.3. The van der Waals surface area contributed by atoms with Crippen molar-refractivity contribution in [3.63, 3.8) is 0 Å². The zero-order valence-electron chi connectivity index (χ0n) is 73.3. The standard InChI is InChI=1S/C86H141NO39/c1-10-11-12-13-14-15-16-17-18-19-51(96)87-52-45(30-88)117-77(69(67(52)123-73-60(104)56(100)53(97)38(2)115-73)125-74-62(106)58(102)64(39(3)116-74)120-72-63(107)65(43(93)33-112-72)121-78-70(108)85(110,36-91)37-114-78)126-79(109)86-27-26-80(4,5)28-41(86)40-20-21-48-81(6)24-23-50(82(7,35-90)47(81)22-25-83(48,8)84(40,9)29-49(86)95)119-76-68(124-75-61(105)57(101)55(99)46(31-89)118-75)66(44(94)34-113-76)122-71-59(103)54(98)42(92)32-111-71/h20,35,38-39,41-50,52-78,88-89,91-95,97-108,110H,10-19,21-34,36-37H2,1-9H3,(H,87,96)/t38?,39?,41?,42-,43-,44-,45?,46?,47-,48?,49?,50+,52+,53+,54+,55+,56+,57+,58?,59?,60?,61?,62+,63-,64+,65?,66+,67?,68?,69-,70?,71+,72+,73+,74+,75+,76+,77+,78+,81?,82-,83+,84-,85-,86-/m1/s1. The number of allylic oxidation sites excluding steroid dienone is 2. The van der Waals surface area contributed by atoms with Gasteiger partial charge in [0.05, 0.1) is 82.1 Å². The second-order valence-electron chi connectivity index (χ2n) is 39.8. The lowest BCUT2D eigenvalue weighted by Gasteiger charge is -2.71. The molecule has 0 radical (unpaired) electrons. The first-order valence-corrected chi connectivity index (χ1v) is 45.3. The Balaban J connectivity index is 0.795. The van der Waals surface area contributed by atoms with Crippen LogP contribution in [0, 0.1) is 50.2 Å². The third kappa shape index (κ3) is 19.1. The Morgan fingerprint density at radius 3 is 1.67 bits per heavy atom. The molecule has 40 heteroatoms. The van der Waals surface area contributed by atoms with E-state index in [1.807, 2.05) is 0 Å². The SMILES string of the molecule is CCCCCCCCCCCC(=O)N[C@H]1C(CO)O[C@@H](OC(=O)[C@]23CCC(C)(C)CC2C2=CCC4C5(C)CC[C@H](O[C@@H]6OC[C@@H](O)[C@H](O[C@@H]7OC[C@@H](O)[C@H](O)C7O)C6O[C@@H]6OC(CO)[C@H](O)[C@H](O)C6O)[C@](C)(C=O)[C@@H]5CC[C@]4(C)[C@]2(C)CC3O)[C@H](O[C@@H]2OC(C)[C@H](O[C@@H]3OC[C@@H](O)C(O[C@@H]4OC[C@](O)(CO)C4O)[C@H]3O)C(O)[C@@H]2O)C1O[C@@H]1OC(C)[C@H](O)[C@H](O)C1O. The van der Waals surface area contributed by atoms with Gasteiger partial charge in [-0.05, 0) is 117 Å². The number of carbonyl (C=O) groups excluding carboxylic acids is 3. The number of hydrogen-bond acceptors (Lipinski definition) is 39. The van der Waals surface area contributed by atoms with Crippen molar-refractivity contribution in [3.05, 3.63) is 11.6 Å². The molecule has 0 bridgehead atoms. The van der Waals surface area contributed by atoms with Gasteiger partial charge in [-0.25, -0.2) is 0 Å². The molecule has 13 aliphatic rings. The summed E-state index contributed by atoms with van der Waals surface area (Å²) in [4.78, 5) is 45.6. The van der Waals surface area contributed by atoms with Crippen LogP contribution in [0.1, 0.15) is 184 Å². The number of nitrogens with one attached hydrogen (secondary N) is 1. The first kappa shape index (κ1) is 100. The molecule has 0 spiro atoms. The summed E-state index contributed by atoms with van der Waals surface area (Å²) in [7, 11) is 0. The van der Waals surface area contributed by atoms with Crippen molar-refractivity contribution in [2.75, 3.05) is 46.2 Å². The number of hydrogen-bond donors (Lipinski definition) is 21. The van der Waals surface area contributed by atoms with Gasteiger partial charge in [0.25, 0.3) is 0 Å². The molecule has 40 nitrogen and oxygen atoms in total. The number of unbranched alkanes of at least 4 members (excludes halogenated alkanes) is 8. The summed E-state index contributed by atoms with van der Waals surface area (Å²) in [5, 5.41) is 228. The van der Waals surface area contributed by atoms with Crippen LogP contribution in [-0.4, -0.2) is 393 Å². The Bertz CT molecular complexity index is 3610. The van der Waals surface area contributed by atoms with Crippen molar-refractivity contribution >= 4 is 18.2 Å². The van der Waals surface area contributed by atoms with Gasteiger partial charge < -0.3 is 188 Å². The van der Waals surface area contributed by atoms with Gasteiger partial charge in [0.2, 0.25) is 12.2 Å². The molecule has 21 N–H and O–H groups in total. The fourth-order valence-corrected chi connectivity index (χ4v) is 23.3. The molecule has 16 unspecified atom stereocenters. The van der Waals surface area contributed by atoms with Gasteiger partial charge in [-0.15, -0.1) is 0 Å². The molecule has 8 saturated heterocycles. The molecule has 4 saturated carbocycles. The fraction of sp³-hybridized carbons (Fsp3) is 0.942. The lowest BCUT2D eigenvalue weighted by Crippen LogP contribution is -2.71. The average Bonchev–Trinajstić information content (AvgIpc) is 0.896. The van der Waals surface area contributed by atoms with E-state index in [0.717, 1.165) is 56.8 Å². The highest BCUT2D eigenvalue weighted by Crippen LogP contribution is 2.76. The third-order valence-corrected chi connectivity index (χ3v) is 31.2. The molecule has 126 heavy (non-hydrogen) atoms. The van der Waals surface area contributed by atoms with E-state index in [9.17, 15) is 112 Å². The maximum atomic E-state index is 16.7. The molecule has 8 heterocycles. The number of carbonyl (C=O) groups is 3. The van der Waals surface area contributed by atoms with Crippen molar-refractivity contribution in [2.24, 2.45) is 50.2 Å². The lowest BCUT2D eigenvalue weighted by atomic mass is 9.33. The molecule has 0 aromatic carbocycles. The van der Waals surface area contributed by atoms with E-state index in [2.05, 4.69) is 52.9 Å². The fourth-order valence-electron chi connectivity index (χ4n) is 23.3. The monoisotopic (exact) mass is 1810 g/mol. The minimum Gasteiger partial charge on any atom is -0.432 e. The number of aldehydes is 1. The van der Waals surface area contributed by atoms with Crippen molar-refractivity contribution in [1.82, 2.24) is 5.32 Å². The van der Waals surface area contributed by atoms with Crippen LogP contribution in [0.25, 0.3) is 0 Å². The number of aliphatic hydroxyl groups is 20. The van der Waals surface area contributed by atoms with E-state index >= 15 is 4.79 Å². The molecule has 8 aliphatic heterocycles. The Morgan fingerprint density at radius 2 is 1.03 bits per heavy atom. The van der Waals surface area contributed by atoms with Crippen molar-refractivity contribution in [2.45, 2.75) is 411 Å². The quantitative estimate of drug-likeness (QED) is 0.0104. The number of amides is 1. The number of esters is 1. The molecule has 5 aliphatic carbocycles. The van der Waals surface area contributed by atoms with Crippen molar-refractivity contribution in [3.8, 4) is 0 Å². The smallest absolute Gasteiger partial charge is 0.317 e. The first-order chi connectivity index (χ1) is 59.5. The predicted molar refractivity (Wildman–Crippen MR) is 426 cm³/mol. The molecule has 12 fully saturated rings. The van der Waals surface area contributed by atoms with Crippen LogP contribution in [0.4, 0.5) is 0 Å². The molecule has 0 aromatic rings. The number of fused-ring (bicyclic) bond motifs is 7. The first-order valence-electron chi connectivity index (χ1n) is 45.3. The Kier molecular flexibility index (Phi) is 32.3. The van der Waals surface area contributed by atoms with Crippen molar-refractivity contribution < 1.29 is 192 Å². The number of aliphatic hydroxyl groups excluding tert-OH is 19.